The quantitative estimate of drug-likeness (QED) is 0.846. The van der Waals surface area contributed by atoms with Gasteiger partial charge in [0.05, 0.1) is 6.42 Å². The highest BCUT2D eigenvalue weighted by atomic mass is 16.2. The normalized spacial score (nSPS) is 16.6. The minimum atomic E-state index is 0.237. The molecule has 0 aromatic heterocycles. The fraction of sp³-hybridized carbons (Fsp3) is 0.562. The van der Waals surface area contributed by atoms with Crippen LogP contribution in [0.1, 0.15) is 38.2 Å². The molecule has 0 saturated carbocycles. The van der Waals surface area contributed by atoms with Gasteiger partial charge < -0.3 is 10.6 Å². The third-order valence-corrected chi connectivity index (χ3v) is 3.97. The first-order chi connectivity index (χ1) is 9.19. The summed E-state index contributed by atoms with van der Waals surface area (Å²) in [5.74, 6) is 1.06. The van der Waals surface area contributed by atoms with Gasteiger partial charge in [-0.15, -0.1) is 0 Å². The van der Waals surface area contributed by atoms with Crippen molar-refractivity contribution in [2.24, 2.45) is 5.92 Å². The first kappa shape index (κ1) is 13.9. The molecular formula is C16H24N2O. The second-order valence-corrected chi connectivity index (χ2v) is 5.53. The molecule has 1 aliphatic heterocycles. The van der Waals surface area contributed by atoms with Crippen LogP contribution in [0, 0.1) is 5.92 Å². The summed E-state index contributed by atoms with van der Waals surface area (Å²) in [5.41, 5.74) is 7.48. The molecule has 0 atom stereocenters. The molecule has 1 saturated heterocycles. The van der Waals surface area contributed by atoms with Crippen LogP contribution in [0.25, 0.3) is 0 Å². The molecule has 1 fully saturated rings. The molecular weight excluding hydrogens is 236 g/mol. The zero-order chi connectivity index (χ0) is 13.7. The molecule has 0 aliphatic carbocycles. The molecule has 0 spiro atoms. The van der Waals surface area contributed by atoms with Crippen LogP contribution in [-0.2, 0) is 11.2 Å². The number of carbonyl (C=O) groups excluding carboxylic acids is 1. The number of nitrogen functional groups attached to an aromatic ring is 1. The van der Waals surface area contributed by atoms with Gasteiger partial charge in [-0.1, -0.05) is 31.9 Å². The van der Waals surface area contributed by atoms with Crippen LogP contribution in [0.15, 0.2) is 24.3 Å². The van der Waals surface area contributed by atoms with E-state index in [4.69, 9.17) is 5.73 Å². The Kier molecular flexibility index (Phi) is 4.83. The second-order valence-electron chi connectivity index (χ2n) is 5.53. The van der Waals surface area contributed by atoms with Crippen molar-refractivity contribution >= 4 is 11.6 Å². The zero-order valence-electron chi connectivity index (χ0n) is 11.8. The number of rotatable bonds is 4. The van der Waals surface area contributed by atoms with E-state index < -0.39 is 0 Å². The Bertz CT molecular complexity index is 423. The lowest BCUT2D eigenvalue weighted by molar-refractivity contribution is -0.131. The summed E-state index contributed by atoms with van der Waals surface area (Å²) in [6.07, 6.45) is 5.36. The molecule has 1 amide bonds. The minimum Gasteiger partial charge on any atom is -0.399 e. The highest BCUT2D eigenvalue weighted by molar-refractivity contribution is 5.79. The predicted octanol–water partition coefficient (Wildman–Crippen LogP) is 2.85. The van der Waals surface area contributed by atoms with Crippen molar-refractivity contribution in [2.75, 3.05) is 18.8 Å². The molecule has 19 heavy (non-hydrogen) atoms. The molecule has 2 rings (SSSR count). The van der Waals surface area contributed by atoms with Crippen molar-refractivity contribution < 1.29 is 4.79 Å². The molecule has 104 valence electrons. The fourth-order valence-corrected chi connectivity index (χ4v) is 2.87. The summed E-state index contributed by atoms with van der Waals surface area (Å²) >= 11 is 0. The first-order valence-electron chi connectivity index (χ1n) is 7.31. The van der Waals surface area contributed by atoms with Crippen molar-refractivity contribution in [1.29, 1.82) is 0 Å². The van der Waals surface area contributed by atoms with Crippen LogP contribution in [0.5, 0.6) is 0 Å². The van der Waals surface area contributed by atoms with Crippen molar-refractivity contribution in [3.63, 3.8) is 0 Å². The number of hydrogen-bond donors (Lipinski definition) is 1. The van der Waals surface area contributed by atoms with Gasteiger partial charge >= 0.3 is 0 Å². The third kappa shape index (κ3) is 3.98. The zero-order valence-corrected chi connectivity index (χ0v) is 11.8. The van der Waals surface area contributed by atoms with Gasteiger partial charge in [0.25, 0.3) is 0 Å². The summed E-state index contributed by atoms with van der Waals surface area (Å²) in [6, 6.07) is 7.62. The van der Waals surface area contributed by atoms with Crippen LogP contribution in [-0.4, -0.2) is 23.9 Å². The molecule has 1 heterocycles. The monoisotopic (exact) mass is 260 g/mol. The van der Waals surface area contributed by atoms with Gasteiger partial charge in [0.2, 0.25) is 5.91 Å². The second kappa shape index (κ2) is 6.60. The number of benzene rings is 1. The van der Waals surface area contributed by atoms with E-state index in [1.165, 1.54) is 12.8 Å². The Morgan fingerprint density at radius 2 is 2.11 bits per heavy atom. The lowest BCUT2D eigenvalue weighted by Crippen LogP contribution is -2.39. The lowest BCUT2D eigenvalue weighted by atomic mass is 9.92. The van der Waals surface area contributed by atoms with Crippen LogP contribution in [0.2, 0.25) is 0 Å². The molecule has 1 aliphatic rings. The summed E-state index contributed by atoms with van der Waals surface area (Å²) in [7, 11) is 0. The van der Waals surface area contributed by atoms with E-state index in [9.17, 15) is 4.79 Å². The number of nitrogens with zero attached hydrogens (tertiary/aromatic N) is 1. The Balaban J connectivity index is 1.84. The standard InChI is InChI=1S/C16H24N2O/c1-2-4-13-7-9-18(10-8-13)16(19)12-14-5-3-6-15(17)11-14/h3,5-6,11,13H,2,4,7-10,12,17H2,1H3. The van der Waals surface area contributed by atoms with Gasteiger partial charge in [-0.2, -0.15) is 0 Å². The van der Waals surface area contributed by atoms with Crippen molar-refractivity contribution in [1.82, 2.24) is 4.90 Å². The van der Waals surface area contributed by atoms with Crippen molar-refractivity contribution in [3.05, 3.63) is 29.8 Å². The maximum atomic E-state index is 12.2. The van der Waals surface area contributed by atoms with Gasteiger partial charge in [-0.25, -0.2) is 0 Å². The maximum absolute atomic E-state index is 12.2. The average molecular weight is 260 g/mol. The lowest BCUT2D eigenvalue weighted by Gasteiger charge is -2.32. The molecule has 1 aromatic carbocycles. The number of amides is 1. The van der Waals surface area contributed by atoms with Gasteiger partial charge in [0.1, 0.15) is 0 Å². The van der Waals surface area contributed by atoms with Crippen LogP contribution < -0.4 is 5.73 Å². The topological polar surface area (TPSA) is 46.3 Å². The molecule has 3 heteroatoms. The maximum Gasteiger partial charge on any atom is 0.226 e. The van der Waals surface area contributed by atoms with Crippen molar-refractivity contribution in [3.8, 4) is 0 Å². The van der Waals surface area contributed by atoms with E-state index in [-0.39, 0.29) is 5.91 Å². The summed E-state index contributed by atoms with van der Waals surface area (Å²) in [5, 5.41) is 0. The summed E-state index contributed by atoms with van der Waals surface area (Å²) in [4.78, 5) is 14.2. The smallest absolute Gasteiger partial charge is 0.226 e. The van der Waals surface area contributed by atoms with Crippen molar-refractivity contribution in [2.45, 2.75) is 39.0 Å². The minimum absolute atomic E-state index is 0.237. The summed E-state index contributed by atoms with van der Waals surface area (Å²) < 4.78 is 0. The highest BCUT2D eigenvalue weighted by Gasteiger charge is 2.22. The van der Waals surface area contributed by atoms with Gasteiger partial charge in [0.15, 0.2) is 0 Å². The number of likely N-dealkylation sites (tertiary alicyclic amines) is 1. The Morgan fingerprint density at radius 1 is 1.37 bits per heavy atom. The van der Waals surface area contributed by atoms with Gasteiger partial charge in [-0.3, -0.25) is 4.79 Å². The molecule has 2 N–H and O–H groups in total. The van der Waals surface area contributed by atoms with E-state index >= 15 is 0 Å². The Morgan fingerprint density at radius 3 is 2.74 bits per heavy atom. The van der Waals surface area contributed by atoms with E-state index in [0.29, 0.717) is 6.42 Å². The number of carbonyl (C=O) groups is 1. The average Bonchev–Trinajstić information content (AvgIpc) is 2.40. The number of nitrogens with two attached hydrogens (primary N) is 1. The van der Waals surface area contributed by atoms with Crippen LogP contribution in [0.3, 0.4) is 0 Å². The van der Waals surface area contributed by atoms with Gasteiger partial charge in [0, 0.05) is 18.8 Å². The highest BCUT2D eigenvalue weighted by Crippen LogP contribution is 2.22. The number of anilines is 1. The number of hydrogen-bond acceptors (Lipinski definition) is 2. The molecule has 0 radical (unpaired) electrons. The van der Waals surface area contributed by atoms with Crippen LogP contribution >= 0.6 is 0 Å². The molecule has 3 nitrogen and oxygen atoms in total. The van der Waals surface area contributed by atoms with E-state index in [0.717, 1.165) is 43.1 Å². The third-order valence-electron chi connectivity index (χ3n) is 3.97. The SMILES string of the molecule is CCCC1CCN(C(=O)Cc2cccc(N)c2)CC1. The molecule has 0 unspecified atom stereocenters. The van der Waals surface area contributed by atoms with E-state index in [1.807, 2.05) is 29.2 Å². The predicted molar refractivity (Wildman–Crippen MR) is 78.8 cm³/mol. The fourth-order valence-electron chi connectivity index (χ4n) is 2.87. The van der Waals surface area contributed by atoms with E-state index in [2.05, 4.69) is 6.92 Å². The Labute approximate surface area is 115 Å². The first-order valence-corrected chi connectivity index (χ1v) is 7.31. The number of piperidine rings is 1. The van der Waals surface area contributed by atoms with Gasteiger partial charge in [-0.05, 0) is 36.5 Å². The summed E-state index contributed by atoms with van der Waals surface area (Å²) in [6.45, 7) is 4.08. The Hall–Kier alpha value is -1.51. The largest absolute Gasteiger partial charge is 0.399 e. The molecule has 1 aromatic rings. The van der Waals surface area contributed by atoms with Crippen LogP contribution in [0.4, 0.5) is 5.69 Å². The van der Waals surface area contributed by atoms with E-state index in [1.54, 1.807) is 0 Å². The molecule has 0 bridgehead atoms.